The highest BCUT2D eigenvalue weighted by Gasteiger charge is 2.27. The van der Waals surface area contributed by atoms with Gasteiger partial charge in [-0.15, -0.1) is 0 Å². The molecule has 6 nitrogen and oxygen atoms in total. The van der Waals surface area contributed by atoms with Gasteiger partial charge in [-0.05, 0) is 24.5 Å². The number of methoxy groups -OCH3 is 1. The summed E-state index contributed by atoms with van der Waals surface area (Å²) < 4.78 is 11.2. The van der Waals surface area contributed by atoms with Gasteiger partial charge in [0.25, 0.3) is 0 Å². The standard InChI is InChI=1S/C23H29N3O3/c1-28-19-8-4-7-18(13-19)20-14-24-15-21(25-20)22-16-26(11-12-29-22)23(27)10-9-17-5-2-3-6-17/h4,7-8,13-15,17,22H,2-3,5-6,9-12,16H2,1H3. The molecule has 0 spiro atoms. The van der Waals surface area contributed by atoms with Gasteiger partial charge < -0.3 is 14.4 Å². The molecule has 1 aliphatic carbocycles. The lowest BCUT2D eigenvalue weighted by Crippen LogP contribution is -2.42. The first-order valence-corrected chi connectivity index (χ1v) is 10.6. The van der Waals surface area contributed by atoms with Crippen molar-refractivity contribution in [1.82, 2.24) is 14.9 Å². The number of benzene rings is 1. The lowest BCUT2D eigenvalue weighted by Gasteiger charge is -2.33. The zero-order valence-electron chi connectivity index (χ0n) is 17.0. The van der Waals surface area contributed by atoms with E-state index in [0.717, 1.165) is 35.0 Å². The van der Waals surface area contributed by atoms with Crippen LogP contribution >= 0.6 is 0 Å². The Morgan fingerprint density at radius 2 is 2.14 bits per heavy atom. The molecule has 2 fully saturated rings. The molecule has 0 N–H and O–H groups in total. The van der Waals surface area contributed by atoms with Gasteiger partial charge in [0.1, 0.15) is 11.9 Å². The van der Waals surface area contributed by atoms with Crippen molar-refractivity contribution in [3.63, 3.8) is 0 Å². The van der Waals surface area contributed by atoms with E-state index in [-0.39, 0.29) is 12.0 Å². The fourth-order valence-corrected chi connectivity index (χ4v) is 4.30. The van der Waals surface area contributed by atoms with Gasteiger partial charge in [0, 0.05) is 18.5 Å². The number of hydrogen-bond donors (Lipinski definition) is 0. The third kappa shape index (κ3) is 4.93. The summed E-state index contributed by atoms with van der Waals surface area (Å²) in [6, 6.07) is 7.76. The SMILES string of the molecule is COc1cccc(-c2cncc(C3CN(C(=O)CCC4CCCC4)CCO3)n2)c1. The van der Waals surface area contributed by atoms with Crippen molar-refractivity contribution in [2.75, 3.05) is 26.8 Å². The molecule has 0 bridgehead atoms. The molecule has 4 rings (SSSR count). The Morgan fingerprint density at radius 1 is 1.28 bits per heavy atom. The van der Waals surface area contributed by atoms with Gasteiger partial charge in [0.15, 0.2) is 0 Å². The molecule has 1 atom stereocenters. The quantitative estimate of drug-likeness (QED) is 0.739. The van der Waals surface area contributed by atoms with Crippen LogP contribution in [0.2, 0.25) is 0 Å². The van der Waals surface area contributed by atoms with Crippen LogP contribution in [-0.2, 0) is 9.53 Å². The number of rotatable bonds is 6. The van der Waals surface area contributed by atoms with Crippen LogP contribution in [0, 0.1) is 5.92 Å². The average molecular weight is 396 g/mol. The van der Waals surface area contributed by atoms with E-state index in [2.05, 4.69) is 4.98 Å². The van der Waals surface area contributed by atoms with Gasteiger partial charge in [-0.3, -0.25) is 9.78 Å². The number of aromatic nitrogens is 2. The summed E-state index contributed by atoms with van der Waals surface area (Å²) in [4.78, 5) is 23.8. The fourth-order valence-electron chi connectivity index (χ4n) is 4.30. The Hall–Kier alpha value is -2.47. The van der Waals surface area contributed by atoms with Gasteiger partial charge >= 0.3 is 0 Å². The Bertz CT molecular complexity index is 836. The van der Waals surface area contributed by atoms with Gasteiger partial charge in [-0.1, -0.05) is 37.8 Å². The first-order chi connectivity index (χ1) is 14.2. The van der Waals surface area contributed by atoms with Crippen LogP contribution in [0.5, 0.6) is 5.75 Å². The molecule has 1 unspecified atom stereocenters. The molecule has 1 amide bonds. The zero-order valence-corrected chi connectivity index (χ0v) is 17.0. The van der Waals surface area contributed by atoms with E-state index in [4.69, 9.17) is 14.5 Å². The summed E-state index contributed by atoms with van der Waals surface area (Å²) >= 11 is 0. The van der Waals surface area contributed by atoms with E-state index < -0.39 is 0 Å². The zero-order chi connectivity index (χ0) is 20.1. The highest BCUT2D eigenvalue weighted by molar-refractivity contribution is 5.76. The first kappa shape index (κ1) is 19.8. The lowest BCUT2D eigenvalue weighted by atomic mass is 10.0. The largest absolute Gasteiger partial charge is 0.497 e. The molecule has 154 valence electrons. The molecule has 2 aromatic rings. The first-order valence-electron chi connectivity index (χ1n) is 10.6. The summed E-state index contributed by atoms with van der Waals surface area (Å²) in [5.41, 5.74) is 2.48. The van der Waals surface area contributed by atoms with Crippen LogP contribution in [0.15, 0.2) is 36.7 Å². The number of carbonyl (C=O) groups is 1. The third-order valence-corrected chi connectivity index (χ3v) is 6.01. The van der Waals surface area contributed by atoms with E-state index in [1.807, 2.05) is 29.2 Å². The maximum atomic E-state index is 12.7. The molecule has 0 radical (unpaired) electrons. The van der Waals surface area contributed by atoms with Crippen LogP contribution in [-0.4, -0.2) is 47.6 Å². The van der Waals surface area contributed by atoms with Crippen molar-refractivity contribution < 1.29 is 14.3 Å². The van der Waals surface area contributed by atoms with Gasteiger partial charge in [0.05, 0.1) is 44.0 Å². The second kappa shape index (κ2) is 9.35. The van der Waals surface area contributed by atoms with Crippen LogP contribution in [0.1, 0.15) is 50.3 Å². The van der Waals surface area contributed by atoms with Crippen molar-refractivity contribution in [3.05, 3.63) is 42.4 Å². The van der Waals surface area contributed by atoms with Gasteiger partial charge in [-0.2, -0.15) is 0 Å². The summed E-state index contributed by atoms with van der Waals surface area (Å²) in [5, 5.41) is 0. The second-order valence-corrected chi connectivity index (χ2v) is 7.95. The van der Waals surface area contributed by atoms with Crippen LogP contribution in [0.4, 0.5) is 0 Å². The molecule has 1 aromatic heterocycles. The number of nitrogens with zero attached hydrogens (tertiary/aromatic N) is 3. The smallest absolute Gasteiger partial charge is 0.222 e. The summed E-state index contributed by atoms with van der Waals surface area (Å²) in [5.74, 6) is 1.76. The number of morpholine rings is 1. The summed E-state index contributed by atoms with van der Waals surface area (Å²) in [6.07, 6.45) is 10.1. The summed E-state index contributed by atoms with van der Waals surface area (Å²) in [7, 11) is 1.65. The van der Waals surface area contributed by atoms with Crippen LogP contribution in [0.3, 0.4) is 0 Å². The van der Waals surface area contributed by atoms with Crippen LogP contribution < -0.4 is 4.74 Å². The molecule has 2 heterocycles. The molecule has 6 heteroatoms. The van der Waals surface area contributed by atoms with Crippen molar-refractivity contribution >= 4 is 5.91 Å². The van der Waals surface area contributed by atoms with Crippen molar-refractivity contribution in [3.8, 4) is 17.0 Å². The molecule has 1 saturated carbocycles. The van der Waals surface area contributed by atoms with E-state index in [1.54, 1.807) is 19.5 Å². The Labute approximate surface area is 172 Å². The molecular weight excluding hydrogens is 366 g/mol. The maximum absolute atomic E-state index is 12.7. The highest BCUT2D eigenvalue weighted by atomic mass is 16.5. The van der Waals surface area contributed by atoms with Gasteiger partial charge in [-0.25, -0.2) is 4.98 Å². The van der Waals surface area contributed by atoms with E-state index in [9.17, 15) is 4.79 Å². The monoisotopic (exact) mass is 395 g/mol. The highest BCUT2D eigenvalue weighted by Crippen LogP contribution is 2.29. The van der Waals surface area contributed by atoms with Gasteiger partial charge in [0.2, 0.25) is 5.91 Å². The number of ether oxygens (including phenoxy) is 2. The minimum absolute atomic E-state index is 0.238. The molecule has 1 aliphatic heterocycles. The average Bonchev–Trinajstić information content (AvgIpc) is 3.31. The topological polar surface area (TPSA) is 64.5 Å². The predicted molar refractivity (Wildman–Crippen MR) is 110 cm³/mol. The minimum atomic E-state index is -0.239. The second-order valence-electron chi connectivity index (χ2n) is 7.95. The van der Waals surface area contributed by atoms with Crippen LogP contribution in [0.25, 0.3) is 11.3 Å². The summed E-state index contributed by atoms with van der Waals surface area (Å²) in [6.45, 7) is 1.73. The maximum Gasteiger partial charge on any atom is 0.222 e. The molecule has 1 aromatic carbocycles. The van der Waals surface area contributed by atoms with Crippen molar-refractivity contribution in [2.24, 2.45) is 5.92 Å². The van der Waals surface area contributed by atoms with E-state index in [1.165, 1.54) is 25.7 Å². The minimum Gasteiger partial charge on any atom is -0.497 e. The Kier molecular flexibility index (Phi) is 6.39. The molecule has 1 saturated heterocycles. The lowest BCUT2D eigenvalue weighted by molar-refractivity contribution is -0.139. The third-order valence-electron chi connectivity index (χ3n) is 6.01. The van der Waals surface area contributed by atoms with Crippen molar-refractivity contribution in [2.45, 2.75) is 44.6 Å². The normalized spacial score (nSPS) is 20.0. The number of hydrogen-bond acceptors (Lipinski definition) is 5. The fraction of sp³-hybridized carbons (Fsp3) is 0.522. The number of amides is 1. The number of carbonyl (C=O) groups excluding carboxylic acids is 1. The van der Waals surface area contributed by atoms with E-state index in [0.29, 0.717) is 26.1 Å². The Balaban J connectivity index is 1.42. The molecule has 2 aliphatic rings. The predicted octanol–water partition coefficient (Wildman–Crippen LogP) is 4.02. The molecular formula is C23H29N3O3. The molecule has 29 heavy (non-hydrogen) atoms. The van der Waals surface area contributed by atoms with Crippen molar-refractivity contribution in [1.29, 1.82) is 0 Å². The Morgan fingerprint density at radius 3 is 2.97 bits per heavy atom. The van der Waals surface area contributed by atoms with E-state index >= 15 is 0 Å².